The molecule has 2 rings (SSSR count). The average Bonchev–Trinajstić information content (AvgIpc) is 2.57. The number of rotatable bonds is 1. The van der Waals surface area contributed by atoms with E-state index in [4.69, 9.17) is 0 Å². The van der Waals surface area contributed by atoms with Gasteiger partial charge in [0.2, 0.25) is 0 Å². The van der Waals surface area contributed by atoms with Gasteiger partial charge in [-0.3, -0.25) is 0 Å². The molecule has 0 saturated heterocycles. The van der Waals surface area contributed by atoms with E-state index in [1.165, 1.54) is 22.4 Å². The van der Waals surface area contributed by atoms with Crippen LogP contribution in [0.4, 0.5) is 0 Å². The smallest absolute Gasteiger partial charge is 0.0484 e. The van der Waals surface area contributed by atoms with Crippen LogP contribution in [0.25, 0.3) is 11.3 Å². The van der Waals surface area contributed by atoms with Gasteiger partial charge in [-0.1, -0.05) is 12.1 Å². The molecule has 1 radical (unpaired) electrons. The molecular formula is C13H14N. The van der Waals surface area contributed by atoms with Crippen molar-refractivity contribution in [1.82, 2.24) is 4.57 Å². The van der Waals surface area contributed by atoms with Crippen molar-refractivity contribution in [3.63, 3.8) is 0 Å². The molecule has 0 amide bonds. The van der Waals surface area contributed by atoms with Crippen LogP contribution < -0.4 is 0 Å². The average molecular weight is 184 g/mol. The SMILES string of the molecule is Cc1ccc(-c2c[c]cn2C)cc1C. The van der Waals surface area contributed by atoms with Gasteiger partial charge >= 0.3 is 0 Å². The second-order valence-corrected chi connectivity index (χ2v) is 3.74. The lowest BCUT2D eigenvalue weighted by Gasteiger charge is -2.06. The number of hydrogen-bond donors (Lipinski definition) is 0. The van der Waals surface area contributed by atoms with Gasteiger partial charge in [0.15, 0.2) is 0 Å². The lowest BCUT2D eigenvalue weighted by atomic mass is 10.0. The molecule has 0 spiro atoms. The molecule has 1 heteroatoms. The Morgan fingerprint density at radius 2 is 1.93 bits per heavy atom. The molecule has 1 aromatic carbocycles. The van der Waals surface area contributed by atoms with E-state index in [2.05, 4.69) is 42.7 Å². The molecule has 0 aliphatic rings. The maximum atomic E-state index is 3.09. The molecule has 0 aliphatic carbocycles. The Labute approximate surface area is 85.0 Å². The van der Waals surface area contributed by atoms with Crippen LogP contribution in [0.5, 0.6) is 0 Å². The highest BCUT2D eigenvalue weighted by molar-refractivity contribution is 5.61. The van der Waals surface area contributed by atoms with E-state index in [-0.39, 0.29) is 0 Å². The fourth-order valence-corrected chi connectivity index (χ4v) is 1.59. The Bertz CT molecular complexity index is 452. The zero-order chi connectivity index (χ0) is 10.1. The zero-order valence-electron chi connectivity index (χ0n) is 8.83. The van der Waals surface area contributed by atoms with E-state index in [9.17, 15) is 0 Å². The Hall–Kier alpha value is -1.50. The fourth-order valence-electron chi connectivity index (χ4n) is 1.59. The Morgan fingerprint density at radius 1 is 1.14 bits per heavy atom. The number of benzene rings is 1. The predicted molar refractivity (Wildman–Crippen MR) is 59.2 cm³/mol. The predicted octanol–water partition coefficient (Wildman–Crippen LogP) is 3.11. The second-order valence-electron chi connectivity index (χ2n) is 3.74. The first-order chi connectivity index (χ1) is 6.68. The van der Waals surface area contributed by atoms with Crippen LogP contribution in [0.1, 0.15) is 11.1 Å². The van der Waals surface area contributed by atoms with Gasteiger partial charge in [-0.05, 0) is 42.7 Å². The first-order valence-corrected chi connectivity index (χ1v) is 4.78. The Morgan fingerprint density at radius 3 is 2.50 bits per heavy atom. The van der Waals surface area contributed by atoms with Crippen molar-refractivity contribution in [2.75, 3.05) is 0 Å². The number of hydrogen-bond acceptors (Lipinski definition) is 0. The molecule has 0 aliphatic heterocycles. The van der Waals surface area contributed by atoms with Crippen molar-refractivity contribution in [2.45, 2.75) is 13.8 Å². The normalized spacial score (nSPS) is 10.5. The van der Waals surface area contributed by atoms with Gasteiger partial charge in [0.25, 0.3) is 0 Å². The van der Waals surface area contributed by atoms with E-state index >= 15 is 0 Å². The molecule has 1 nitrogen and oxygen atoms in total. The van der Waals surface area contributed by atoms with Crippen LogP contribution >= 0.6 is 0 Å². The van der Waals surface area contributed by atoms with Crippen molar-refractivity contribution < 1.29 is 0 Å². The quantitative estimate of drug-likeness (QED) is 0.641. The minimum Gasteiger partial charge on any atom is -0.350 e. The zero-order valence-corrected chi connectivity index (χ0v) is 8.83. The van der Waals surface area contributed by atoms with Gasteiger partial charge in [0, 0.05) is 25.0 Å². The van der Waals surface area contributed by atoms with Crippen LogP contribution in [0.3, 0.4) is 0 Å². The summed E-state index contributed by atoms with van der Waals surface area (Å²) in [5.74, 6) is 0. The molecule has 1 heterocycles. The molecule has 1 aromatic heterocycles. The third-order valence-electron chi connectivity index (χ3n) is 2.67. The minimum atomic E-state index is 1.22. The number of nitrogens with zero attached hydrogens (tertiary/aromatic N) is 1. The summed E-state index contributed by atoms with van der Waals surface area (Å²) < 4.78 is 2.09. The van der Waals surface area contributed by atoms with E-state index in [1.54, 1.807) is 0 Å². The summed E-state index contributed by atoms with van der Waals surface area (Å²) in [5.41, 5.74) is 5.15. The molecular weight excluding hydrogens is 170 g/mol. The Balaban J connectivity index is 2.53. The third-order valence-corrected chi connectivity index (χ3v) is 2.67. The summed E-state index contributed by atoms with van der Waals surface area (Å²) in [5, 5.41) is 0. The summed E-state index contributed by atoms with van der Waals surface area (Å²) >= 11 is 0. The van der Waals surface area contributed by atoms with Gasteiger partial charge < -0.3 is 4.57 Å². The van der Waals surface area contributed by atoms with Gasteiger partial charge in [-0.2, -0.15) is 0 Å². The lowest BCUT2D eigenvalue weighted by Crippen LogP contribution is -1.90. The first kappa shape index (κ1) is 9.07. The summed E-state index contributed by atoms with van der Waals surface area (Å²) in [4.78, 5) is 0. The molecule has 0 saturated carbocycles. The minimum absolute atomic E-state index is 1.22. The first-order valence-electron chi connectivity index (χ1n) is 4.78. The van der Waals surface area contributed by atoms with Gasteiger partial charge in [0.05, 0.1) is 0 Å². The maximum absolute atomic E-state index is 3.09. The van der Waals surface area contributed by atoms with Crippen molar-refractivity contribution >= 4 is 0 Å². The standard InChI is InChI=1S/C13H14N/c1-10-6-7-12(9-11(10)2)13-5-4-8-14(13)3/h5-9H,1-3H3. The highest BCUT2D eigenvalue weighted by Crippen LogP contribution is 2.21. The van der Waals surface area contributed by atoms with Crippen LogP contribution in [-0.4, -0.2) is 4.57 Å². The topological polar surface area (TPSA) is 4.93 Å². The number of aryl methyl sites for hydroxylation is 3. The molecule has 0 fully saturated rings. The summed E-state index contributed by atoms with van der Waals surface area (Å²) in [6.07, 6.45) is 1.95. The monoisotopic (exact) mass is 184 g/mol. The molecule has 71 valence electrons. The van der Waals surface area contributed by atoms with Gasteiger partial charge in [0.1, 0.15) is 0 Å². The summed E-state index contributed by atoms with van der Waals surface area (Å²) in [6.45, 7) is 4.28. The van der Waals surface area contributed by atoms with Crippen molar-refractivity contribution in [3.8, 4) is 11.3 Å². The highest BCUT2D eigenvalue weighted by atomic mass is 14.9. The summed E-state index contributed by atoms with van der Waals surface area (Å²) in [6, 6.07) is 11.7. The summed E-state index contributed by atoms with van der Waals surface area (Å²) in [7, 11) is 2.04. The van der Waals surface area contributed by atoms with Crippen LogP contribution in [0.15, 0.2) is 30.5 Å². The van der Waals surface area contributed by atoms with Crippen LogP contribution in [-0.2, 0) is 7.05 Å². The molecule has 0 N–H and O–H groups in total. The molecule has 0 bridgehead atoms. The van der Waals surface area contributed by atoms with Crippen molar-refractivity contribution in [2.24, 2.45) is 7.05 Å². The van der Waals surface area contributed by atoms with E-state index in [1.807, 2.05) is 19.3 Å². The van der Waals surface area contributed by atoms with Crippen LogP contribution in [0.2, 0.25) is 0 Å². The van der Waals surface area contributed by atoms with E-state index in [0.29, 0.717) is 0 Å². The molecule has 0 atom stereocenters. The molecule has 0 unspecified atom stereocenters. The lowest BCUT2D eigenvalue weighted by molar-refractivity contribution is 0.936. The maximum Gasteiger partial charge on any atom is 0.0484 e. The molecule has 2 aromatic rings. The second kappa shape index (κ2) is 3.33. The highest BCUT2D eigenvalue weighted by Gasteiger charge is 2.02. The van der Waals surface area contributed by atoms with Crippen molar-refractivity contribution in [1.29, 1.82) is 0 Å². The van der Waals surface area contributed by atoms with Gasteiger partial charge in [-0.25, -0.2) is 0 Å². The van der Waals surface area contributed by atoms with E-state index < -0.39 is 0 Å². The number of aromatic nitrogens is 1. The van der Waals surface area contributed by atoms with Crippen LogP contribution in [0, 0.1) is 19.9 Å². The van der Waals surface area contributed by atoms with E-state index in [0.717, 1.165) is 0 Å². The molecule has 14 heavy (non-hydrogen) atoms. The van der Waals surface area contributed by atoms with Gasteiger partial charge in [-0.15, -0.1) is 0 Å². The van der Waals surface area contributed by atoms with Crippen molar-refractivity contribution in [3.05, 3.63) is 47.7 Å². The fraction of sp³-hybridized carbons (Fsp3) is 0.231. The largest absolute Gasteiger partial charge is 0.350 e. The Kier molecular flexibility index (Phi) is 2.16. The third kappa shape index (κ3) is 1.46.